The molecule has 1 aromatic carbocycles. The molecule has 1 rings (SSSR count). The minimum absolute atomic E-state index is 0.0341. The normalized spacial score (nSPS) is 9.88. The van der Waals surface area contributed by atoms with Crippen LogP contribution in [0.25, 0.3) is 0 Å². The molecule has 0 radical (unpaired) electrons. The molecule has 1 aromatic rings. The van der Waals surface area contributed by atoms with E-state index in [0.29, 0.717) is 11.1 Å². The van der Waals surface area contributed by atoms with Crippen molar-refractivity contribution in [3.63, 3.8) is 0 Å². The predicted molar refractivity (Wildman–Crippen MR) is 60.5 cm³/mol. The topological polar surface area (TPSA) is 97.5 Å². The highest BCUT2D eigenvalue weighted by atomic mass is 16.4. The first kappa shape index (κ1) is 12.9. The minimum Gasteiger partial charge on any atom is -0.481 e. The summed E-state index contributed by atoms with van der Waals surface area (Å²) in [6.07, 6.45) is -0.202. The van der Waals surface area contributed by atoms with Crippen LogP contribution in [0.1, 0.15) is 28.8 Å². The zero-order chi connectivity index (χ0) is 12.8. The lowest BCUT2D eigenvalue weighted by atomic mass is 10.00. The number of hydrogen-bond donors (Lipinski definition) is 2. The van der Waals surface area contributed by atoms with E-state index in [-0.39, 0.29) is 25.0 Å². The summed E-state index contributed by atoms with van der Waals surface area (Å²) in [4.78, 5) is 32.9. The molecule has 0 spiro atoms. The Kier molecular flexibility index (Phi) is 4.39. The Bertz CT molecular complexity index is 454. The van der Waals surface area contributed by atoms with Gasteiger partial charge in [0.2, 0.25) is 5.91 Å². The molecular weight excluding hydrogens is 222 g/mol. The van der Waals surface area contributed by atoms with Crippen LogP contribution in [0.2, 0.25) is 0 Å². The van der Waals surface area contributed by atoms with Crippen molar-refractivity contribution in [2.24, 2.45) is 5.73 Å². The average Bonchev–Trinajstić information content (AvgIpc) is 2.27. The maximum Gasteiger partial charge on any atom is 0.303 e. The lowest BCUT2D eigenvalue weighted by Crippen LogP contribution is -2.15. The Morgan fingerprint density at radius 2 is 1.76 bits per heavy atom. The van der Waals surface area contributed by atoms with Crippen molar-refractivity contribution >= 4 is 17.7 Å². The Balaban J connectivity index is 2.71. The number of amides is 1. The molecule has 0 aliphatic rings. The summed E-state index contributed by atoms with van der Waals surface area (Å²) in [6.45, 7) is 0. The van der Waals surface area contributed by atoms with E-state index in [9.17, 15) is 14.4 Å². The number of ketones is 1. The third-order valence-corrected chi connectivity index (χ3v) is 2.29. The largest absolute Gasteiger partial charge is 0.481 e. The standard InChI is InChI=1S/C12H13NO4/c13-12(17)10-4-2-1-3-8(10)7-9(14)5-6-11(15)16/h1-4H,5-7H2,(H2,13,17)(H,15,16). The number of carbonyl (C=O) groups excluding carboxylic acids is 2. The molecule has 5 nitrogen and oxygen atoms in total. The van der Waals surface area contributed by atoms with Gasteiger partial charge in [-0.2, -0.15) is 0 Å². The van der Waals surface area contributed by atoms with Crippen molar-refractivity contribution in [3.05, 3.63) is 35.4 Å². The molecule has 0 heterocycles. The van der Waals surface area contributed by atoms with Crippen LogP contribution < -0.4 is 5.73 Å². The van der Waals surface area contributed by atoms with Gasteiger partial charge in [-0.15, -0.1) is 0 Å². The van der Waals surface area contributed by atoms with E-state index in [2.05, 4.69) is 0 Å². The van der Waals surface area contributed by atoms with Crippen LogP contribution in [0.15, 0.2) is 24.3 Å². The molecule has 0 aromatic heterocycles. The molecule has 1 amide bonds. The second-order valence-electron chi connectivity index (χ2n) is 3.63. The first-order valence-electron chi connectivity index (χ1n) is 5.12. The average molecular weight is 235 g/mol. The maximum atomic E-state index is 11.5. The van der Waals surface area contributed by atoms with Gasteiger partial charge in [0, 0.05) is 18.4 Å². The van der Waals surface area contributed by atoms with Crippen LogP contribution in [-0.4, -0.2) is 22.8 Å². The Morgan fingerprint density at radius 3 is 2.35 bits per heavy atom. The molecule has 0 atom stereocenters. The minimum atomic E-state index is -1.01. The Labute approximate surface area is 98.2 Å². The lowest BCUT2D eigenvalue weighted by molar-refractivity contribution is -0.138. The lowest BCUT2D eigenvalue weighted by Gasteiger charge is -2.05. The highest BCUT2D eigenvalue weighted by Gasteiger charge is 2.12. The van der Waals surface area contributed by atoms with Gasteiger partial charge in [-0.3, -0.25) is 14.4 Å². The van der Waals surface area contributed by atoms with Crippen LogP contribution in [0.5, 0.6) is 0 Å². The highest BCUT2D eigenvalue weighted by molar-refractivity contribution is 5.96. The van der Waals surface area contributed by atoms with Gasteiger partial charge in [0.25, 0.3) is 0 Å². The first-order chi connectivity index (χ1) is 8.00. The summed E-state index contributed by atoms with van der Waals surface area (Å²) >= 11 is 0. The van der Waals surface area contributed by atoms with E-state index < -0.39 is 11.9 Å². The smallest absolute Gasteiger partial charge is 0.303 e. The van der Waals surface area contributed by atoms with Gasteiger partial charge in [-0.05, 0) is 11.6 Å². The zero-order valence-electron chi connectivity index (χ0n) is 9.18. The maximum absolute atomic E-state index is 11.5. The number of Topliss-reactive ketones (excluding diaryl/α,β-unsaturated/α-hetero) is 1. The predicted octanol–water partition coefficient (Wildman–Crippen LogP) is 0.762. The summed E-state index contributed by atoms with van der Waals surface area (Å²) in [5, 5.41) is 8.44. The number of carboxylic acid groups (broad SMARTS) is 1. The summed E-state index contributed by atoms with van der Waals surface area (Å²) in [5.74, 6) is -1.82. The van der Waals surface area contributed by atoms with Gasteiger partial charge in [-0.25, -0.2) is 0 Å². The van der Waals surface area contributed by atoms with Crippen LogP contribution >= 0.6 is 0 Å². The van der Waals surface area contributed by atoms with Gasteiger partial charge >= 0.3 is 5.97 Å². The molecule has 0 aliphatic heterocycles. The molecule has 0 fully saturated rings. The van der Waals surface area contributed by atoms with Crippen LogP contribution in [0.3, 0.4) is 0 Å². The number of rotatable bonds is 6. The molecule has 0 unspecified atom stereocenters. The number of carboxylic acids is 1. The van der Waals surface area contributed by atoms with E-state index in [4.69, 9.17) is 10.8 Å². The molecular formula is C12H13NO4. The van der Waals surface area contributed by atoms with Crippen molar-refractivity contribution in [1.82, 2.24) is 0 Å². The van der Waals surface area contributed by atoms with Gasteiger partial charge < -0.3 is 10.8 Å². The highest BCUT2D eigenvalue weighted by Crippen LogP contribution is 2.10. The number of aliphatic carboxylic acids is 1. The van der Waals surface area contributed by atoms with Gasteiger partial charge in [-0.1, -0.05) is 18.2 Å². The number of carbonyl (C=O) groups is 3. The van der Waals surface area contributed by atoms with Crippen LogP contribution in [0.4, 0.5) is 0 Å². The fraction of sp³-hybridized carbons (Fsp3) is 0.250. The number of nitrogens with two attached hydrogens (primary N) is 1. The molecule has 0 aliphatic carbocycles. The SMILES string of the molecule is NC(=O)c1ccccc1CC(=O)CCC(=O)O. The second-order valence-corrected chi connectivity index (χ2v) is 3.63. The molecule has 0 saturated heterocycles. The monoisotopic (exact) mass is 235 g/mol. The van der Waals surface area contributed by atoms with Gasteiger partial charge in [0.1, 0.15) is 5.78 Å². The van der Waals surface area contributed by atoms with Crippen molar-refractivity contribution < 1.29 is 19.5 Å². The third kappa shape index (κ3) is 4.06. The number of hydrogen-bond acceptors (Lipinski definition) is 3. The number of benzene rings is 1. The summed E-state index contributed by atoms with van der Waals surface area (Å²) in [7, 11) is 0. The molecule has 17 heavy (non-hydrogen) atoms. The van der Waals surface area contributed by atoms with E-state index >= 15 is 0 Å². The number of primary amides is 1. The summed E-state index contributed by atoms with van der Waals surface area (Å²) in [6, 6.07) is 6.54. The van der Waals surface area contributed by atoms with Gasteiger partial charge in [0.05, 0.1) is 6.42 Å². The van der Waals surface area contributed by atoms with Crippen molar-refractivity contribution in [3.8, 4) is 0 Å². The van der Waals surface area contributed by atoms with Crippen molar-refractivity contribution in [1.29, 1.82) is 0 Å². The molecule has 0 saturated carbocycles. The Hall–Kier alpha value is -2.17. The zero-order valence-corrected chi connectivity index (χ0v) is 9.18. The van der Waals surface area contributed by atoms with E-state index in [1.54, 1.807) is 24.3 Å². The molecule has 0 bridgehead atoms. The van der Waals surface area contributed by atoms with E-state index in [1.165, 1.54) is 0 Å². The fourth-order valence-electron chi connectivity index (χ4n) is 1.46. The van der Waals surface area contributed by atoms with Crippen molar-refractivity contribution in [2.45, 2.75) is 19.3 Å². The third-order valence-electron chi connectivity index (χ3n) is 2.29. The summed E-state index contributed by atoms with van der Waals surface area (Å²) in [5.41, 5.74) is 6.01. The van der Waals surface area contributed by atoms with E-state index in [0.717, 1.165) is 0 Å². The van der Waals surface area contributed by atoms with Crippen LogP contribution in [-0.2, 0) is 16.0 Å². The second kappa shape index (κ2) is 5.79. The van der Waals surface area contributed by atoms with Crippen molar-refractivity contribution in [2.75, 3.05) is 0 Å². The Morgan fingerprint density at radius 1 is 1.12 bits per heavy atom. The molecule has 90 valence electrons. The van der Waals surface area contributed by atoms with Crippen LogP contribution in [0, 0.1) is 0 Å². The quantitative estimate of drug-likeness (QED) is 0.760. The fourth-order valence-corrected chi connectivity index (χ4v) is 1.46. The first-order valence-corrected chi connectivity index (χ1v) is 5.12. The molecule has 3 N–H and O–H groups in total. The summed E-state index contributed by atoms with van der Waals surface area (Å²) < 4.78 is 0. The molecule has 5 heteroatoms. The van der Waals surface area contributed by atoms with Gasteiger partial charge in [0.15, 0.2) is 0 Å². The van der Waals surface area contributed by atoms with E-state index in [1.807, 2.05) is 0 Å².